The number of amides is 1. The number of aromatic nitrogens is 3. The first kappa shape index (κ1) is 19.0. The van der Waals surface area contributed by atoms with Crippen molar-refractivity contribution in [2.24, 2.45) is 0 Å². The Bertz CT molecular complexity index is 1200. The van der Waals surface area contributed by atoms with E-state index in [1.54, 1.807) is 12.3 Å². The zero-order chi connectivity index (χ0) is 21.0. The Morgan fingerprint density at radius 2 is 1.74 bits per heavy atom. The lowest BCUT2D eigenvalue weighted by atomic mass is 10.1. The predicted molar refractivity (Wildman–Crippen MR) is 117 cm³/mol. The number of pyridine rings is 1. The van der Waals surface area contributed by atoms with Gasteiger partial charge >= 0.3 is 17.8 Å². The molecule has 1 amide bonds. The van der Waals surface area contributed by atoms with Crippen LogP contribution in [0.1, 0.15) is 10.7 Å². The molecule has 1 aliphatic rings. The monoisotopic (exact) mass is 416 g/mol. The highest BCUT2D eigenvalue weighted by Crippen LogP contribution is 2.22. The molecule has 4 aromatic rings. The second kappa shape index (κ2) is 8.41. The molecule has 0 radical (unpaired) electrons. The fourth-order valence-corrected chi connectivity index (χ4v) is 3.38. The molecule has 9 nitrogen and oxygen atoms in total. The van der Waals surface area contributed by atoms with Crippen molar-refractivity contribution < 1.29 is 13.9 Å². The second-order valence-corrected chi connectivity index (χ2v) is 7.06. The van der Waals surface area contributed by atoms with Gasteiger partial charge in [-0.15, -0.1) is 5.10 Å². The number of rotatable bonds is 5. The Morgan fingerprint density at radius 1 is 0.935 bits per heavy atom. The molecule has 2 N–H and O–H groups in total. The van der Waals surface area contributed by atoms with Crippen molar-refractivity contribution in [3.05, 3.63) is 66.7 Å². The number of benzene rings is 2. The third kappa shape index (κ3) is 4.31. The van der Waals surface area contributed by atoms with E-state index >= 15 is 0 Å². The van der Waals surface area contributed by atoms with Crippen LogP contribution in [0, 0.1) is 0 Å². The molecular weight excluding hydrogens is 396 g/mol. The van der Waals surface area contributed by atoms with Gasteiger partial charge in [0.05, 0.1) is 25.1 Å². The van der Waals surface area contributed by atoms with E-state index in [1.165, 1.54) is 0 Å². The summed E-state index contributed by atoms with van der Waals surface area (Å²) in [6.45, 7) is 2.97. The summed E-state index contributed by atoms with van der Waals surface area (Å²) in [7, 11) is 0. The second-order valence-electron chi connectivity index (χ2n) is 7.06. The fourth-order valence-electron chi connectivity index (χ4n) is 3.38. The smallest absolute Gasteiger partial charge is 0.320 e. The summed E-state index contributed by atoms with van der Waals surface area (Å²) < 4.78 is 10.8. The lowest BCUT2D eigenvalue weighted by molar-refractivity contribution is 0.0991. The number of hydrogen-bond acceptors (Lipinski definition) is 8. The van der Waals surface area contributed by atoms with Crippen LogP contribution < -0.4 is 15.5 Å². The molecule has 0 spiro atoms. The van der Waals surface area contributed by atoms with Gasteiger partial charge in [-0.05, 0) is 35.0 Å². The van der Waals surface area contributed by atoms with Crippen LogP contribution >= 0.6 is 0 Å². The summed E-state index contributed by atoms with van der Waals surface area (Å²) in [5, 5.41) is 15.7. The topological polar surface area (TPSA) is 105 Å². The van der Waals surface area contributed by atoms with E-state index in [-0.39, 0.29) is 11.9 Å². The van der Waals surface area contributed by atoms with Gasteiger partial charge in [-0.2, -0.15) is 0 Å². The molecule has 3 heterocycles. The van der Waals surface area contributed by atoms with Crippen LogP contribution in [0.4, 0.5) is 23.2 Å². The molecule has 5 rings (SSSR count). The molecule has 0 unspecified atom stereocenters. The molecule has 2 aromatic heterocycles. The zero-order valence-electron chi connectivity index (χ0n) is 16.6. The average Bonchev–Trinajstić information content (AvgIpc) is 3.29. The van der Waals surface area contributed by atoms with E-state index in [9.17, 15) is 4.79 Å². The molecule has 31 heavy (non-hydrogen) atoms. The van der Waals surface area contributed by atoms with Gasteiger partial charge in [0.2, 0.25) is 0 Å². The maximum absolute atomic E-state index is 12.5. The van der Waals surface area contributed by atoms with Gasteiger partial charge < -0.3 is 24.7 Å². The first-order chi connectivity index (χ1) is 15.2. The summed E-state index contributed by atoms with van der Waals surface area (Å²) in [5.41, 5.74) is 1.33. The minimum absolute atomic E-state index is 0.138. The standard InChI is InChI=1S/C22H20N6O3/c29-20(24-18-7-8-19(23-14-18)28-9-11-30-12-10-28)21-26-27-22(31-21)25-17-6-5-15-3-1-2-4-16(15)13-17/h1-8,13-14H,9-12H2,(H,24,29)(H,25,27). The first-order valence-corrected chi connectivity index (χ1v) is 9.94. The van der Waals surface area contributed by atoms with Crippen LogP contribution in [-0.2, 0) is 4.74 Å². The lowest BCUT2D eigenvalue weighted by Gasteiger charge is -2.27. The Morgan fingerprint density at radius 3 is 2.55 bits per heavy atom. The van der Waals surface area contributed by atoms with Crippen molar-refractivity contribution in [1.82, 2.24) is 15.2 Å². The molecule has 1 aliphatic heterocycles. The van der Waals surface area contributed by atoms with E-state index in [0.29, 0.717) is 18.9 Å². The number of ether oxygens (including phenoxy) is 1. The number of hydrogen-bond donors (Lipinski definition) is 2. The Kier molecular flexibility index (Phi) is 5.16. The number of carbonyl (C=O) groups excluding carboxylic acids is 1. The van der Waals surface area contributed by atoms with Crippen molar-refractivity contribution in [1.29, 1.82) is 0 Å². The minimum atomic E-state index is -0.500. The first-order valence-electron chi connectivity index (χ1n) is 9.94. The predicted octanol–water partition coefficient (Wildman–Crippen LogP) is 3.45. The number of anilines is 4. The third-order valence-corrected chi connectivity index (χ3v) is 4.96. The molecule has 0 atom stereocenters. The average molecular weight is 416 g/mol. The highest BCUT2D eigenvalue weighted by Gasteiger charge is 2.16. The quantitative estimate of drug-likeness (QED) is 0.510. The van der Waals surface area contributed by atoms with Crippen LogP contribution in [-0.4, -0.2) is 47.4 Å². The molecule has 1 saturated heterocycles. The Balaban J connectivity index is 1.23. The number of carbonyl (C=O) groups is 1. The van der Waals surface area contributed by atoms with Crippen molar-refractivity contribution in [3.8, 4) is 0 Å². The Labute approximate surface area is 178 Å². The lowest BCUT2D eigenvalue weighted by Crippen LogP contribution is -2.36. The van der Waals surface area contributed by atoms with E-state index in [4.69, 9.17) is 9.15 Å². The van der Waals surface area contributed by atoms with Crippen LogP contribution in [0.2, 0.25) is 0 Å². The van der Waals surface area contributed by atoms with Gasteiger partial charge in [-0.1, -0.05) is 35.4 Å². The van der Waals surface area contributed by atoms with Gasteiger partial charge in [-0.3, -0.25) is 4.79 Å². The maximum Gasteiger partial charge on any atom is 0.320 e. The SMILES string of the molecule is O=C(Nc1ccc(N2CCOCC2)nc1)c1nnc(Nc2ccc3ccccc3c2)o1. The summed E-state index contributed by atoms with van der Waals surface area (Å²) in [6, 6.07) is 17.7. The summed E-state index contributed by atoms with van der Waals surface area (Å²) in [6.07, 6.45) is 1.60. The summed E-state index contributed by atoms with van der Waals surface area (Å²) >= 11 is 0. The van der Waals surface area contributed by atoms with Crippen LogP contribution in [0.15, 0.2) is 65.2 Å². The summed E-state index contributed by atoms with van der Waals surface area (Å²) in [4.78, 5) is 19.0. The van der Waals surface area contributed by atoms with Crippen LogP contribution in [0.5, 0.6) is 0 Å². The zero-order valence-corrected chi connectivity index (χ0v) is 16.6. The van der Waals surface area contributed by atoms with Gasteiger partial charge in [0.1, 0.15) is 5.82 Å². The number of nitrogens with one attached hydrogen (secondary N) is 2. The molecule has 0 bridgehead atoms. The molecular formula is C22H20N6O3. The number of fused-ring (bicyclic) bond motifs is 1. The highest BCUT2D eigenvalue weighted by atomic mass is 16.5. The highest BCUT2D eigenvalue weighted by molar-refractivity contribution is 6.00. The molecule has 156 valence electrons. The van der Waals surface area contributed by atoms with Crippen LogP contribution in [0.3, 0.4) is 0 Å². The molecule has 0 saturated carbocycles. The Hall–Kier alpha value is -3.98. The number of nitrogens with zero attached hydrogens (tertiary/aromatic N) is 4. The molecule has 2 aromatic carbocycles. The van der Waals surface area contributed by atoms with E-state index < -0.39 is 5.91 Å². The minimum Gasteiger partial charge on any atom is -0.399 e. The normalized spacial score (nSPS) is 13.9. The van der Waals surface area contributed by atoms with Crippen molar-refractivity contribution in [3.63, 3.8) is 0 Å². The van der Waals surface area contributed by atoms with Crippen molar-refractivity contribution in [2.75, 3.05) is 41.8 Å². The maximum atomic E-state index is 12.5. The fraction of sp³-hybridized carbons (Fsp3) is 0.182. The van der Waals surface area contributed by atoms with Gasteiger partial charge in [0.25, 0.3) is 0 Å². The number of morpholine rings is 1. The van der Waals surface area contributed by atoms with E-state index in [1.807, 2.05) is 48.5 Å². The van der Waals surface area contributed by atoms with Crippen LogP contribution in [0.25, 0.3) is 10.8 Å². The van der Waals surface area contributed by atoms with Crippen molar-refractivity contribution >= 4 is 39.9 Å². The van der Waals surface area contributed by atoms with E-state index in [0.717, 1.165) is 35.4 Å². The molecule has 9 heteroatoms. The van der Waals surface area contributed by atoms with Crippen molar-refractivity contribution in [2.45, 2.75) is 0 Å². The molecule has 0 aliphatic carbocycles. The summed E-state index contributed by atoms with van der Waals surface area (Å²) in [5.74, 6) is 0.210. The third-order valence-electron chi connectivity index (χ3n) is 4.96. The van der Waals surface area contributed by atoms with Gasteiger partial charge in [-0.25, -0.2) is 4.98 Å². The van der Waals surface area contributed by atoms with Gasteiger partial charge in [0, 0.05) is 18.8 Å². The largest absolute Gasteiger partial charge is 0.399 e. The van der Waals surface area contributed by atoms with E-state index in [2.05, 4.69) is 30.7 Å². The molecule has 1 fully saturated rings. The van der Waals surface area contributed by atoms with Gasteiger partial charge in [0.15, 0.2) is 0 Å².